The lowest BCUT2D eigenvalue weighted by atomic mass is 9.84. The molecule has 0 aliphatic carbocycles. The number of ketones is 2. The van der Waals surface area contributed by atoms with E-state index in [1.54, 1.807) is 6.92 Å². The van der Waals surface area contributed by atoms with Gasteiger partial charge < -0.3 is 4.74 Å². The summed E-state index contributed by atoms with van der Waals surface area (Å²) in [5.74, 6) is -3.09. The predicted octanol–water partition coefficient (Wildman–Crippen LogP) is 4.87. The number of esters is 1. The van der Waals surface area contributed by atoms with Gasteiger partial charge in [-0.25, -0.2) is 0 Å². The molecule has 1 aliphatic rings. The van der Waals surface area contributed by atoms with Crippen LogP contribution in [-0.2, 0) is 37.4 Å². The number of hydrogen-bond donors (Lipinski definition) is 0. The van der Waals surface area contributed by atoms with Crippen LogP contribution in [0, 0.1) is 11.8 Å². The topological polar surface area (TPSA) is 60.4 Å². The number of benzene rings is 2. The Hall–Kier alpha value is -2.75. The summed E-state index contributed by atoms with van der Waals surface area (Å²) >= 11 is 0. The Balaban J connectivity index is 1.56. The van der Waals surface area contributed by atoms with Gasteiger partial charge in [-0.15, -0.1) is 0 Å². The number of ether oxygens (including phenoxy) is 1. The van der Waals surface area contributed by atoms with Gasteiger partial charge in [0.2, 0.25) is 0 Å². The van der Waals surface area contributed by atoms with Gasteiger partial charge in [0.1, 0.15) is 0 Å². The minimum atomic E-state index is -1.27. The van der Waals surface area contributed by atoms with E-state index in [2.05, 4.69) is 32.9 Å². The largest absolute Gasteiger partial charge is 0.453 e. The molecular weight excluding hydrogens is 388 g/mol. The van der Waals surface area contributed by atoms with Crippen LogP contribution in [0.15, 0.2) is 54.6 Å². The molecule has 0 saturated carbocycles. The SMILES string of the molecule is CC(Cc1ccc(C(C)(C)C)cc1)C(=O)C1C(=O)OC(CCCc2ccccc2)C1=O. The first-order valence-electron chi connectivity index (χ1n) is 11.1. The maximum absolute atomic E-state index is 12.9. The molecule has 4 nitrogen and oxygen atoms in total. The van der Waals surface area contributed by atoms with E-state index in [9.17, 15) is 14.4 Å². The highest BCUT2D eigenvalue weighted by Gasteiger charge is 2.48. The minimum Gasteiger partial charge on any atom is -0.453 e. The molecule has 0 aromatic heterocycles. The van der Waals surface area contributed by atoms with E-state index in [0.29, 0.717) is 12.8 Å². The molecule has 1 aliphatic heterocycles. The van der Waals surface area contributed by atoms with Crippen LogP contribution in [0.25, 0.3) is 0 Å². The lowest BCUT2D eigenvalue weighted by molar-refractivity contribution is -0.147. The molecule has 31 heavy (non-hydrogen) atoms. The summed E-state index contributed by atoms with van der Waals surface area (Å²) in [5, 5.41) is 0. The quantitative estimate of drug-likeness (QED) is 0.452. The number of hydrogen-bond acceptors (Lipinski definition) is 4. The monoisotopic (exact) mass is 420 g/mol. The molecule has 0 spiro atoms. The molecule has 2 aromatic carbocycles. The fraction of sp³-hybridized carbons (Fsp3) is 0.444. The molecule has 1 fully saturated rings. The van der Waals surface area contributed by atoms with Gasteiger partial charge in [-0.2, -0.15) is 0 Å². The molecule has 0 N–H and O–H groups in total. The van der Waals surface area contributed by atoms with Crippen molar-refractivity contribution in [3.63, 3.8) is 0 Å². The maximum Gasteiger partial charge on any atom is 0.325 e. The summed E-state index contributed by atoms with van der Waals surface area (Å²) in [7, 11) is 0. The van der Waals surface area contributed by atoms with Gasteiger partial charge in [0.15, 0.2) is 23.6 Å². The van der Waals surface area contributed by atoms with Crippen molar-refractivity contribution in [3.05, 3.63) is 71.3 Å². The van der Waals surface area contributed by atoms with Crippen molar-refractivity contribution in [2.24, 2.45) is 11.8 Å². The Kier molecular flexibility index (Phi) is 7.09. The van der Waals surface area contributed by atoms with Crippen molar-refractivity contribution in [1.82, 2.24) is 0 Å². The van der Waals surface area contributed by atoms with Gasteiger partial charge in [0.05, 0.1) is 0 Å². The predicted molar refractivity (Wildman–Crippen MR) is 121 cm³/mol. The highest BCUT2D eigenvalue weighted by molar-refractivity contribution is 6.22. The molecule has 4 heteroatoms. The molecule has 1 saturated heterocycles. The second kappa shape index (κ2) is 9.59. The van der Waals surface area contributed by atoms with Gasteiger partial charge in [0.25, 0.3) is 0 Å². The number of carbonyl (C=O) groups is 3. The van der Waals surface area contributed by atoms with E-state index < -0.39 is 23.9 Å². The van der Waals surface area contributed by atoms with Crippen molar-refractivity contribution >= 4 is 17.5 Å². The highest BCUT2D eigenvalue weighted by atomic mass is 16.6. The summed E-state index contributed by atoms with van der Waals surface area (Å²) in [4.78, 5) is 38.0. The molecule has 0 radical (unpaired) electrons. The van der Waals surface area contributed by atoms with Crippen LogP contribution in [0.5, 0.6) is 0 Å². The fourth-order valence-electron chi connectivity index (χ4n) is 4.04. The highest BCUT2D eigenvalue weighted by Crippen LogP contribution is 2.27. The van der Waals surface area contributed by atoms with Gasteiger partial charge in [-0.3, -0.25) is 14.4 Å². The molecule has 3 unspecified atom stereocenters. The van der Waals surface area contributed by atoms with E-state index in [0.717, 1.165) is 18.4 Å². The van der Waals surface area contributed by atoms with Crippen molar-refractivity contribution < 1.29 is 19.1 Å². The Bertz CT molecular complexity index is 922. The first-order chi connectivity index (χ1) is 14.7. The van der Waals surface area contributed by atoms with Crippen LogP contribution in [0.1, 0.15) is 57.2 Å². The van der Waals surface area contributed by atoms with E-state index >= 15 is 0 Å². The van der Waals surface area contributed by atoms with Gasteiger partial charge >= 0.3 is 5.97 Å². The number of cyclic esters (lactones) is 1. The van der Waals surface area contributed by atoms with Gasteiger partial charge in [-0.1, -0.05) is 82.3 Å². The zero-order chi connectivity index (χ0) is 22.6. The first-order valence-corrected chi connectivity index (χ1v) is 11.1. The Morgan fingerprint density at radius 1 is 0.968 bits per heavy atom. The lowest BCUT2D eigenvalue weighted by Gasteiger charge is -2.19. The third kappa shape index (κ3) is 5.69. The Labute approximate surface area is 185 Å². The van der Waals surface area contributed by atoms with E-state index in [1.165, 1.54) is 11.1 Å². The van der Waals surface area contributed by atoms with Gasteiger partial charge in [-0.05, 0) is 47.8 Å². The zero-order valence-corrected chi connectivity index (χ0v) is 18.9. The molecule has 2 aromatic rings. The van der Waals surface area contributed by atoms with Crippen LogP contribution >= 0.6 is 0 Å². The van der Waals surface area contributed by atoms with Crippen molar-refractivity contribution in [2.45, 2.75) is 64.9 Å². The van der Waals surface area contributed by atoms with Gasteiger partial charge in [0, 0.05) is 5.92 Å². The average Bonchev–Trinajstić information content (AvgIpc) is 3.01. The van der Waals surface area contributed by atoms with Crippen molar-refractivity contribution in [2.75, 3.05) is 0 Å². The summed E-state index contributed by atoms with van der Waals surface area (Å²) in [5.41, 5.74) is 3.49. The standard InChI is InChI=1S/C27H32O4/c1-18(17-20-13-15-21(16-14-20)27(2,3)4)24(28)23-25(29)22(31-26(23)30)12-8-11-19-9-6-5-7-10-19/h5-7,9-10,13-16,18,22-23H,8,11-12,17H2,1-4H3. The molecular formula is C27H32O4. The third-order valence-electron chi connectivity index (χ3n) is 6.00. The summed E-state index contributed by atoms with van der Waals surface area (Å²) < 4.78 is 5.29. The third-order valence-corrected chi connectivity index (χ3v) is 6.00. The first kappa shape index (κ1) is 22.9. The fourth-order valence-corrected chi connectivity index (χ4v) is 4.04. The van der Waals surface area contributed by atoms with Crippen LogP contribution in [0.3, 0.4) is 0 Å². The Morgan fingerprint density at radius 2 is 1.61 bits per heavy atom. The maximum atomic E-state index is 12.9. The van der Waals surface area contributed by atoms with Crippen molar-refractivity contribution in [3.8, 4) is 0 Å². The van der Waals surface area contributed by atoms with Crippen LogP contribution in [0.4, 0.5) is 0 Å². The average molecular weight is 421 g/mol. The Morgan fingerprint density at radius 3 is 2.23 bits per heavy atom. The van der Waals surface area contributed by atoms with Crippen molar-refractivity contribution in [1.29, 1.82) is 0 Å². The van der Waals surface area contributed by atoms with Crippen LogP contribution in [-0.4, -0.2) is 23.6 Å². The second-order valence-corrected chi connectivity index (χ2v) is 9.59. The van der Waals surface area contributed by atoms with E-state index in [1.807, 2.05) is 42.5 Å². The zero-order valence-electron chi connectivity index (χ0n) is 18.9. The minimum absolute atomic E-state index is 0.0650. The molecule has 0 bridgehead atoms. The molecule has 3 rings (SSSR count). The summed E-state index contributed by atoms with van der Waals surface area (Å²) in [6, 6.07) is 18.2. The van der Waals surface area contributed by atoms with Crippen LogP contribution < -0.4 is 0 Å². The number of aryl methyl sites for hydroxylation is 1. The smallest absolute Gasteiger partial charge is 0.325 e. The summed E-state index contributed by atoms with van der Waals surface area (Å²) in [6.07, 6.45) is 1.68. The summed E-state index contributed by atoms with van der Waals surface area (Å²) in [6.45, 7) is 8.24. The van der Waals surface area contributed by atoms with E-state index in [4.69, 9.17) is 4.74 Å². The normalized spacial score (nSPS) is 19.9. The lowest BCUT2D eigenvalue weighted by Crippen LogP contribution is -2.32. The number of Topliss-reactive ketones (excluding diaryl/α,β-unsaturated/α-hetero) is 2. The number of carbonyl (C=O) groups excluding carboxylic acids is 3. The van der Waals surface area contributed by atoms with Crippen LogP contribution in [0.2, 0.25) is 0 Å². The second-order valence-electron chi connectivity index (χ2n) is 9.59. The molecule has 0 amide bonds. The molecule has 3 atom stereocenters. The van der Waals surface area contributed by atoms with E-state index in [-0.39, 0.29) is 17.0 Å². The molecule has 164 valence electrons. The molecule has 1 heterocycles. The number of rotatable bonds is 8.